The van der Waals surface area contributed by atoms with Crippen LogP contribution in [-0.2, 0) is 16.1 Å². The summed E-state index contributed by atoms with van der Waals surface area (Å²) in [7, 11) is 0. The van der Waals surface area contributed by atoms with Gasteiger partial charge in [0.2, 0.25) is 11.8 Å². The second-order valence-corrected chi connectivity index (χ2v) is 5.48. The van der Waals surface area contributed by atoms with Crippen LogP contribution in [0.25, 0.3) is 0 Å². The number of carbonyl (C=O) groups excluding carboxylic acids is 2. The lowest BCUT2D eigenvalue weighted by atomic mass is 9.97. The van der Waals surface area contributed by atoms with E-state index in [0.29, 0.717) is 25.9 Å². The van der Waals surface area contributed by atoms with E-state index in [1.807, 2.05) is 26.0 Å². The van der Waals surface area contributed by atoms with Gasteiger partial charge in [-0.15, -0.1) is 0 Å². The maximum Gasteiger partial charge on any atom is 0.248 e. The molecule has 2 amide bonds. The highest BCUT2D eigenvalue weighted by atomic mass is 16.2. The third-order valence-corrected chi connectivity index (χ3v) is 3.95. The summed E-state index contributed by atoms with van der Waals surface area (Å²) < 4.78 is 0. The lowest BCUT2D eigenvalue weighted by molar-refractivity contribution is -0.138. The van der Waals surface area contributed by atoms with E-state index >= 15 is 0 Å². The second-order valence-electron chi connectivity index (χ2n) is 5.48. The minimum atomic E-state index is -0.809. The molecule has 1 unspecified atom stereocenters. The highest BCUT2D eigenvalue weighted by molar-refractivity contribution is 5.93. The van der Waals surface area contributed by atoms with E-state index in [0.717, 1.165) is 11.3 Å². The van der Waals surface area contributed by atoms with Gasteiger partial charge in [-0.25, -0.2) is 0 Å². The topological polar surface area (TPSA) is 62.3 Å². The number of nitrogens with zero attached hydrogens (tertiary/aromatic N) is 2. The molecule has 1 aromatic rings. The molecule has 5 heteroatoms. The first-order valence-electron chi connectivity index (χ1n) is 6.97. The van der Waals surface area contributed by atoms with Crippen LogP contribution in [0.2, 0.25) is 0 Å². The molecule has 20 heavy (non-hydrogen) atoms. The molecule has 5 nitrogen and oxygen atoms in total. The van der Waals surface area contributed by atoms with Gasteiger partial charge in [0.1, 0.15) is 5.54 Å². The predicted molar refractivity (Wildman–Crippen MR) is 75.8 cm³/mol. The van der Waals surface area contributed by atoms with Crippen LogP contribution in [0.4, 0.5) is 0 Å². The van der Waals surface area contributed by atoms with Crippen molar-refractivity contribution in [3.05, 3.63) is 29.6 Å². The van der Waals surface area contributed by atoms with Crippen molar-refractivity contribution < 1.29 is 9.59 Å². The smallest absolute Gasteiger partial charge is 0.248 e. The molecule has 0 radical (unpaired) electrons. The van der Waals surface area contributed by atoms with Crippen LogP contribution in [0.1, 0.15) is 37.9 Å². The first-order chi connectivity index (χ1) is 9.46. The lowest BCUT2D eigenvalue weighted by Crippen LogP contribution is -2.54. The van der Waals surface area contributed by atoms with E-state index in [1.54, 1.807) is 18.0 Å². The SMILES string of the molecule is CCC1(C)NC(=O)CCN(Cc2ncccc2C)C1=O. The molecule has 0 saturated carbocycles. The van der Waals surface area contributed by atoms with E-state index in [2.05, 4.69) is 10.3 Å². The first-order valence-corrected chi connectivity index (χ1v) is 6.97. The van der Waals surface area contributed by atoms with E-state index in [1.165, 1.54) is 0 Å². The third kappa shape index (κ3) is 2.81. The fourth-order valence-electron chi connectivity index (χ4n) is 2.37. The molecule has 0 bridgehead atoms. The number of rotatable bonds is 3. The number of hydrogen-bond donors (Lipinski definition) is 1. The Hall–Kier alpha value is -1.91. The molecule has 1 atom stereocenters. The molecule has 0 aliphatic carbocycles. The van der Waals surface area contributed by atoms with E-state index in [9.17, 15) is 9.59 Å². The van der Waals surface area contributed by atoms with Gasteiger partial charge in [0.25, 0.3) is 0 Å². The highest BCUT2D eigenvalue weighted by Gasteiger charge is 2.39. The molecule has 1 aliphatic rings. The minimum Gasteiger partial charge on any atom is -0.342 e. The van der Waals surface area contributed by atoms with Crippen molar-refractivity contribution in [2.75, 3.05) is 6.54 Å². The molecule has 1 aromatic heterocycles. The van der Waals surface area contributed by atoms with Crippen LogP contribution in [0.15, 0.2) is 18.3 Å². The largest absolute Gasteiger partial charge is 0.342 e. The molecule has 0 aromatic carbocycles. The predicted octanol–water partition coefficient (Wildman–Crippen LogP) is 1.41. The van der Waals surface area contributed by atoms with Crippen molar-refractivity contribution >= 4 is 11.8 Å². The summed E-state index contributed by atoms with van der Waals surface area (Å²) in [5.41, 5.74) is 1.13. The summed E-state index contributed by atoms with van der Waals surface area (Å²) in [6.07, 6.45) is 2.65. The average molecular weight is 275 g/mol. The molecule has 2 heterocycles. The van der Waals surface area contributed by atoms with Gasteiger partial charge in [0.05, 0.1) is 12.2 Å². The van der Waals surface area contributed by atoms with Gasteiger partial charge in [0, 0.05) is 19.2 Å². The molecule has 2 rings (SSSR count). The Kier molecular flexibility index (Phi) is 4.06. The quantitative estimate of drug-likeness (QED) is 0.907. The standard InChI is InChI=1S/C15H21N3O2/c1-4-15(3)14(20)18(9-7-13(19)17-15)10-12-11(2)6-5-8-16-12/h5-6,8H,4,7,9-10H2,1-3H3,(H,17,19). The third-order valence-electron chi connectivity index (χ3n) is 3.95. The molecule has 0 spiro atoms. The van der Waals surface area contributed by atoms with Gasteiger partial charge in [-0.1, -0.05) is 13.0 Å². The summed E-state index contributed by atoms with van der Waals surface area (Å²) in [5.74, 6) is -0.0983. The minimum absolute atomic E-state index is 0.0316. The molecule has 1 N–H and O–H groups in total. The molecule has 108 valence electrons. The number of pyridine rings is 1. The molecule has 1 fully saturated rings. The van der Waals surface area contributed by atoms with Gasteiger partial charge in [-0.3, -0.25) is 14.6 Å². The van der Waals surface area contributed by atoms with Gasteiger partial charge in [-0.2, -0.15) is 0 Å². The van der Waals surface area contributed by atoms with Crippen LogP contribution >= 0.6 is 0 Å². The van der Waals surface area contributed by atoms with E-state index in [4.69, 9.17) is 0 Å². The van der Waals surface area contributed by atoms with Gasteiger partial charge in [0.15, 0.2) is 0 Å². The summed E-state index contributed by atoms with van der Waals surface area (Å²) in [4.78, 5) is 30.5. The van der Waals surface area contributed by atoms with E-state index < -0.39 is 5.54 Å². The van der Waals surface area contributed by atoms with Crippen molar-refractivity contribution in [1.29, 1.82) is 0 Å². The zero-order valence-corrected chi connectivity index (χ0v) is 12.3. The van der Waals surface area contributed by atoms with Crippen LogP contribution < -0.4 is 5.32 Å². The summed E-state index contributed by atoms with van der Waals surface area (Å²) in [6.45, 7) is 6.57. The first kappa shape index (κ1) is 14.5. The Balaban J connectivity index is 2.24. The van der Waals surface area contributed by atoms with Crippen molar-refractivity contribution in [2.24, 2.45) is 0 Å². The number of carbonyl (C=O) groups is 2. The Morgan fingerprint density at radius 3 is 2.85 bits per heavy atom. The highest BCUT2D eigenvalue weighted by Crippen LogP contribution is 2.19. The Morgan fingerprint density at radius 1 is 1.45 bits per heavy atom. The zero-order valence-electron chi connectivity index (χ0n) is 12.3. The van der Waals surface area contributed by atoms with Gasteiger partial charge >= 0.3 is 0 Å². The molecule has 1 aliphatic heterocycles. The monoisotopic (exact) mass is 275 g/mol. The van der Waals surface area contributed by atoms with Crippen molar-refractivity contribution in [3.8, 4) is 0 Å². The fourth-order valence-corrected chi connectivity index (χ4v) is 2.37. The van der Waals surface area contributed by atoms with Gasteiger partial charge in [-0.05, 0) is 31.9 Å². The van der Waals surface area contributed by atoms with Crippen molar-refractivity contribution in [1.82, 2.24) is 15.2 Å². The summed E-state index contributed by atoms with van der Waals surface area (Å²) >= 11 is 0. The molecular formula is C15H21N3O2. The van der Waals surface area contributed by atoms with Crippen molar-refractivity contribution in [3.63, 3.8) is 0 Å². The van der Waals surface area contributed by atoms with Crippen LogP contribution in [0.3, 0.4) is 0 Å². The number of aromatic nitrogens is 1. The maximum absolute atomic E-state index is 12.6. The number of aryl methyl sites for hydroxylation is 1. The van der Waals surface area contributed by atoms with E-state index in [-0.39, 0.29) is 11.8 Å². The van der Waals surface area contributed by atoms with Crippen LogP contribution in [0.5, 0.6) is 0 Å². The van der Waals surface area contributed by atoms with Crippen molar-refractivity contribution in [2.45, 2.75) is 45.7 Å². The Morgan fingerprint density at radius 2 is 2.20 bits per heavy atom. The maximum atomic E-state index is 12.6. The number of amides is 2. The Labute approximate surface area is 119 Å². The summed E-state index contributed by atoms with van der Waals surface area (Å²) in [6, 6.07) is 3.86. The fraction of sp³-hybridized carbons (Fsp3) is 0.533. The normalized spacial score (nSPS) is 23.4. The molecule has 1 saturated heterocycles. The Bertz CT molecular complexity index is 530. The average Bonchev–Trinajstić information content (AvgIpc) is 2.53. The number of hydrogen-bond acceptors (Lipinski definition) is 3. The summed E-state index contributed by atoms with van der Waals surface area (Å²) in [5, 5.41) is 2.83. The zero-order chi connectivity index (χ0) is 14.8. The second kappa shape index (κ2) is 5.61. The lowest BCUT2D eigenvalue weighted by Gasteiger charge is -2.31. The van der Waals surface area contributed by atoms with Crippen LogP contribution in [-0.4, -0.2) is 33.8 Å². The van der Waals surface area contributed by atoms with Crippen LogP contribution in [0, 0.1) is 6.92 Å². The van der Waals surface area contributed by atoms with Gasteiger partial charge < -0.3 is 10.2 Å². The molecular weight excluding hydrogens is 254 g/mol. The number of nitrogens with one attached hydrogen (secondary N) is 1.